The van der Waals surface area contributed by atoms with Crippen molar-refractivity contribution in [3.63, 3.8) is 0 Å². The molecule has 0 bridgehead atoms. The van der Waals surface area contributed by atoms with Gasteiger partial charge in [0.2, 0.25) is 0 Å². The van der Waals surface area contributed by atoms with Crippen molar-refractivity contribution in [2.45, 2.75) is 78.0 Å². The summed E-state index contributed by atoms with van der Waals surface area (Å²) in [6.45, 7) is 8.20. The topological polar surface area (TPSA) is 119 Å². The first-order valence-electron chi connectivity index (χ1n) is 11.7. The second kappa shape index (κ2) is 10.7. The van der Waals surface area contributed by atoms with Crippen LogP contribution >= 0.6 is 0 Å². The molecule has 0 unspecified atom stereocenters. The van der Waals surface area contributed by atoms with E-state index in [1.807, 2.05) is 27.7 Å². The van der Waals surface area contributed by atoms with Crippen LogP contribution < -0.4 is 5.32 Å². The Bertz CT molecular complexity index is 1080. The Labute approximate surface area is 200 Å². The van der Waals surface area contributed by atoms with Gasteiger partial charge in [0.05, 0.1) is 31.0 Å². The number of nitrogens with zero attached hydrogens (tertiary/aromatic N) is 4. The number of methoxy groups -OCH3 is 1. The molecule has 3 rings (SSSR count). The normalized spacial score (nSPS) is 18.1. The van der Waals surface area contributed by atoms with E-state index in [2.05, 4.69) is 16.5 Å². The molecule has 9 nitrogen and oxygen atoms in total. The van der Waals surface area contributed by atoms with E-state index < -0.39 is 11.6 Å². The summed E-state index contributed by atoms with van der Waals surface area (Å²) in [5, 5.41) is 17.5. The molecule has 2 aromatic heterocycles. The minimum Gasteiger partial charge on any atom is -0.465 e. The van der Waals surface area contributed by atoms with Crippen LogP contribution in [0.2, 0.25) is 0 Å². The number of aromatic nitrogens is 3. The largest absolute Gasteiger partial charge is 0.465 e. The Balaban J connectivity index is 1.94. The fourth-order valence-corrected chi connectivity index (χ4v) is 4.31. The molecule has 9 heteroatoms. The second-order valence-corrected chi connectivity index (χ2v) is 9.55. The number of esters is 2. The zero-order valence-electron chi connectivity index (χ0n) is 20.6. The van der Waals surface area contributed by atoms with E-state index in [-0.39, 0.29) is 29.1 Å². The molecule has 1 fully saturated rings. The van der Waals surface area contributed by atoms with E-state index in [0.29, 0.717) is 30.0 Å². The summed E-state index contributed by atoms with van der Waals surface area (Å²) in [5.74, 6) is -0.284. The summed E-state index contributed by atoms with van der Waals surface area (Å²) in [5.41, 5.74) is 0.714. The molecular formula is C25H33N5O4. The Hall–Kier alpha value is -3.41. The van der Waals surface area contributed by atoms with Gasteiger partial charge in [0.25, 0.3) is 0 Å². The molecule has 0 aromatic carbocycles. The summed E-state index contributed by atoms with van der Waals surface area (Å²) in [6, 6.07) is 3.67. The van der Waals surface area contributed by atoms with Gasteiger partial charge < -0.3 is 14.8 Å². The van der Waals surface area contributed by atoms with Crippen LogP contribution in [0.25, 0.3) is 11.3 Å². The van der Waals surface area contributed by atoms with E-state index in [1.165, 1.54) is 7.11 Å². The van der Waals surface area contributed by atoms with Crippen LogP contribution in [0.3, 0.4) is 0 Å². The molecule has 2 aromatic rings. The van der Waals surface area contributed by atoms with Gasteiger partial charge in [0.15, 0.2) is 0 Å². The van der Waals surface area contributed by atoms with Crippen LogP contribution in [0.4, 0.5) is 5.82 Å². The lowest BCUT2D eigenvalue weighted by atomic mass is 9.82. The molecule has 0 aliphatic heterocycles. The first-order chi connectivity index (χ1) is 16.1. The third-order valence-corrected chi connectivity index (χ3v) is 5.85. The third kappa shape index (κ3) is 6.13. The molecule has 2 heterocycles. The van der Waals surface area contributed by atoms with Crippen molar-refractivity contribution < 1.29 is 19.1 Å². The predicted molar refractivity (Wildman–Crippen MR) is 127 cm³/mol. The highest BCUT2D eigenvalue weighted by atomic mass is 16.6. The third-order valence-electron chi connectivity index (χ3n) is 5.85. The van der Waals surface area contributed by atoms with Gasteiger partial charge in [-0.05, 0) is 52.5 Å². The Morgan fingerprint density at radius 3 is 2.65 bits per heavy atom. The summed E-state index contributed by atoms with van der Waals surface area (Å²) in [7, 11) is 1.28. The van der Waals surface area contributed by atoms with Gasteiger partial charge in [-0.25, -0.2) is 9.78 Å². The molecule has 1 saturated carbocycles. The molecule has 182 valence electrons. The molecule has 0 spiro atoms. The molecule has 1 aliphatic rings. The van der Waals surface area contributed by atoms with Crippen molar-refractivity contribution in [3.05, 3.63) is 29.6 Å². The minimum atomic E-state index is -0.629. The van der Waals surface area contributed by atoms with Crippen molar-refractivity contribution in [3.8, 4) is 17.3 Å². The number of carbonyl (C=O) groups is 2. The monoisotopic (exact) mass is 467 g/mol. The first kappa shape index (κ1) is 25.2. The van der Waals surface area contributed by atoms with E-state index >= 15 is 0 Å². The van der Waals surface area contributed by atoms with Crippen LogP contribution in [0.1, 0.15) is 75.7 Å². The van der Waals surface area contributed by atoms with Gasteiger partial charge in [0.1, 0.15) is 23.1 Å². The quantitative estimate of drug-likeness (QED) is 0.598. The van der Waals surface area contributed by atoms with Gasteiger partial charge >= 0.3 is 11.9 Å². The summed E-state index contributed by atoms with van der Waals surface area (Å²) in [4.78, 5) is 29.7. The zero-order chi connectivity index (χ0) is 24.9. The molecule has 34 heavy (non-hydrogen) atoms. The molecule has 0 saturated heterocycles. The maximum Gasteiger partial charge on any atom is 0.341 e. The highest BCUT2D eigenvalue weighted by Crippen LogP contribution is 2.32. The number of anilines is 1. The predicted octanol–water partition coefficient (Wildman–Crippen LogP) is 4.33. The lowest BCUT2D eigenvalue weighted by Gasteiger charge is -2.33. The summed E-state index contributed by atoms with van der Waals surface area (Å²) >= 11 is 0. The molecule has 1 aliphatic carbocycles. The van der Waals surface area contributed by atoms with E-state index in [0.717, 1.165) is 25.7 Å². The van der Waals surface area contributed by atoms with Crippen LogP contribution in [-0.4, -0.2) is 45.5 Å². The average molecular weight is 468 g/mol. The number of hydrogen-bond acceptors (Lipinski definition) is 8. The molecule has 1 N–H and O–H groups in total. The SMILES string of the molecule is CCn1cc(-c2nc(N[C@@H]3CCCC[C@@H]3CC(=O)OC(C)(C)C)cc(C#N)c2C(=O)OC)cn1. The number of aryl methyl sites for hydroxylation is 1. The van der Waals surface area contributed by atoms with Crippen molar-refractivity contribution in [2.75, 3.05) is 12.4 Å². The fraction of sp³-hybridized carbons (Fsp3) is 0.560. The maximum atomic E-state index is 12.5. The molecule has 0 radical (unpaired) electrons. The average Bonchev–Trinajstić information content (AvgIpc) is 3.27. The van der Waals surface area contributed by atoms with E-state index in [4.69, 9.17) is 14.5 Å². The summed E-state index contributed by atoms with van der Waals surface area (Å²) in [6.07, 6.45) is 7.57. The highest BCUT2D eigenvalue weighted by molar-refractivity contribution is 5.99. The van der Waals surface area contributed by atoms with E-state index in [1.54, 1.807) is 23.1 Å². The van der Waals surface area contributed by atoms with Crippen LogP contribution in [0.5, 0.6) is 0 Å². The van der Waals surface area contributed by atoms with Crippen molar-refractivity contribution in [1.29, 1.82) is 5.26 Å². The lowest BCUT2D eigenvalue weighted by molar-refractivity contribution is -0.156. The maximum absolute atomic E-state index is 12.5. The number of ether oxygens (including phenoxy) is 2. The number of carbonyl (C=O) groups excluding carboxylic acids is 2. The van der Waals surface area contributed by atoms with Gasteiger partial charge in [0, 0.05) is 24.3 Å². The molecule has 2 atom stereocenters. The first-order valence-corrected chi connectivity index (χ1v) is 11.7. The van der Waals surface area contributed by atoms with Crippen LogP contribution in [0.15, 0.2) is 18.5 Å². The molecular weight excluding hydrogens is 434 g/mol. The molecule has 0 amide bonds. The van der Waals surface area contributed by atoms with Gasteiger partial charge in [-0.1, -0.05) is 12.8 Å². The number of rotatable bonds is 7. The van der Waals surface area contributed by atoms with Crippen molar-refractivity contribution >= 4 is 17.8 Å². The number of nitriles is 1. The number of nitrogens with one attached hydrogen (secondary N) is 1. The van der Waals surface area contributed by atoms with Crippen LogP contribution in [-0.2, 0) is 20.8 Å². The van der Waals surface area contributed by atoms with Crippen LogP contribution in [0, 0.1) is 17.2 Å². The fourth-order valence-electron chi connectivity index (χ4n) is 4.31. The smallest absolute Gasteiger partial charge is 0.341 e. The minimum absolute atomic E-state index is 0.00416. The van der Waals surface area contributed by atoms with Crippen molar-refractivity contribution in [2.24, 2.45) is 5.92 Å². The van der Waals surface area contributed by atoms with E-state index in [9.17, 15) is 14.9 Å². The highest BCUT2D eigenvalue weighted by Gasteiger charge is 2.30. The Kier molecular flexibility index (Phi) is 7.92. The van der Waals surface area contributed by atoms with Gasteiger partial charge in [-0.2, -0.15) is 10.4 Å². The summed E-state index contributed by atoms with van der Waals surface area (Å²) < 4.78 is 12.2. The second-order valence-electron chi connectivity index (χ2n) is 9.55. The van der Waals surface area contributed by atoms with Crippen molar-refractivity contribution in [1.82, 2.24) is 14.8 Å². The standard InChI is InChI=1S/C25H33N5O4/c1-6-30-15-18(14-27-30)23-22(24(32)33-5)17(13-26)11-20(29-23)28-19-10-8-7-9-16(19)12-21(31)34-25(2,3)4/h11,14-16,19H,6-10,12H2,1-5H3,(H,28,29)/t16-,19-/m1/s1. The number of pyridine rings is 1. The zero-order valence-corrected chi connectivity index (χ0v) is 20.6. The lowest BCUT2D eigenvalue weighted by Crippen LogP contribution is -2.35. The van der Waals surface area contributed by atoms with Gasteiger partial charge in [-0.3, -0.25) is 9.48 Å². The number of hydrogen-bond donors (Lipinski definition) is 1. The van der Waals surface area contributed by atoms with Gasteiger partial charge in [-0.15, -0.1) is 0 Å². The Morgan fingerprint density at radius 1 is 1.29 bits per heavy atom. The Morgan fingerprint density at radius 2 is 2.03 bits per heavy atom.